The number of allylic oxidation sites excluding steroid dienone is 1. The summed E-state index contributed by atoms with van der Waals surface area (Å²) in [6.07, 6.45) is 6.21. The Kier molecular flexibility index (Phi) is 2.04. The van der Waals surface area contributed by atoms with E-state index in [9.17, 15) is 9.59 Å². The van der Waals surface area contributed by atoms with Crippen LogP contribution < -0.4 is 0 Å². The molecule has 0 heterocycles. The van der Waals surface area contributed by atoms with Gasteiger partial charge in [-0.1, -0.05) is 24.3 Å². The normalized spacial score (nSPS) is 44.6. The van der Waals surface area contributed by atoms with Gasteiger partial charge in [-0.3, -0.25) is 4.79 Å². The highest BCUT2D eigenvalue weighted by molar-refractivity contribution is 6.02. The van der Waals surface area contributed by atoms with Gasteiger partial charge in [-0.05, 0) is 37.0 Å². The van der Waals surface area contributed by atoms with Crippen molar-refractivity contribution in [2.24, 2.45) is 29.6 Å². The molecule has 0 spiro atoms. The highest BCUT2D eigenvalue weighted by Gasteiger charge is 2.77. The number of rotatable bonds is 2. The van der Waals surface area contributed by atoms with Crippen LogP contribution in [0, 0.1) is 29.6 Å². The Morgan fingerprint density at radius 2 is 1.95 bits per heavy atom. The number of hydrogen-bond acceptors (Lipinski definition) is 3. The van der Waals surface area contributed by atoms with Crippen LogP contribution in [0.3, 0.4) is 0 Å². The van der Waals surface area contributed by atoms with Gasteiger partial charge in [-0.25, -0.2) is 4.79 Å². The van der Waals surface area contributed by atoms with E-state index in [1.165, 1.54) is 0 Å². The summed E-state index contributed by atoms with van der Waals surface area (Å²) in [5.41, 5.74) is 0.0811. The van der Waals surface area contributed by atoms with Crippen molar-refractivity contribution in [1.82, 2.24) is 0 Å². The maximum Gasteiger partial charge on any atom is 0.339 e. The Bertz CT molecular complexity index is 677. The van der Waals surface area contributed by atoms with Gasteiger partial charge in [0.15, 0.2) is 0 Å². The lowest BCUT2D eigenvalue weighted by atomic mass is 9.77. The first-order valence-corrected chi connectivity index (χ1v) is 7.72. The molecular weight excluding hydrogens is 264 g/mol. The van der Waals surface area contributed by atoms with Crippen molar-refractivity contribution in [3.63, 3.8) is 0 Å². The van der Waals surface area contributed by atoms with Gasteiger partial charge in [-0.15, -0.1) is 0 Å². The molecule has 6 atom stereocenters. The summed E-state index contributed by atoms with van der Waals surface area (Å²) >= 11 is 0. The largest absolute Gasteiger partial charge is 0.451 e. The van der Waals surface area contributed by atoms with Gasteiger partial charge in [0, 0.05) is 23.7 Å². The van der Waals surface area contributed by atoms with Crippen LogP contribution in [0.2, 0.25) is 0 Å². The second-order valence-corrected chi connectivity index (χ2v) is 6.81. The van der Waals surface area contributed by atoms with Crippen LogP contribution in [0.15, 0.2) is 42.5 Å². The minimum atomic E-state index is -0.509. The number of hydrogen-bond donors (Lipinski definition) is 0. The molecule has 2 bridgehead atoms. The first kappa shape index (κ1) is 11.7. The minimum Gasteiger partial charge on any atom is -0.451 e. The Balaban J connectivity index is 1.49. The molecule has 0 N–H and O–H groups in total. The number of benzene rings is 1. The molecule has 21 heavy (non-hydrogen) atoms. The monoisotopic (exact) mass is 280 g/mol. The van der Waals surface area contributed by atoms with E-state index in [2.05, 4.69) is 12.2 Å². The first-order valence-electron chi connectivity index (χ1n) is 7.72. The molecule has 3 heteroatoms. The van der Waals surface area contributed by atoms with Crippen LogP contribution in [0.25, 0.3) is 0 Å². The van der Waals surface area contributed by atoms with Crippen LogP contribution in [0.5, 0.6) is 0 Å². The molecule has 3 fully saturated rings. The number of fused-ring (bicyclic) bond motifs is 8. The predicted molar refractivity (Wildman–Crippen MR) is 75.4 cm³/mol. The molecule has 0 radical (unpaired) electrons. The lowest BCUT2D eigenvalue weighted by Gasteiger charge is -2.37. The van der Waals surface area contributed by atoms with E-state index in [1.54, 1.807) is 12.1 Å². The third kappa shape index (κ3) is 1.30. The van der Waals surface area contributed by atoms with Crippen molar-refractivity contribution in [3.05, 3.63) is 48.0 Å². The minimum absolute atomic E-state index is 0.164. The van der Waals surface area contributed by atoms with Crippen molar-refractivity contribution < 1.29 is 14.3 Å². The van der Waals surface area contributed by atoms with Crippen LogP contribution in [0.1, 0.15) is 23.2 Å². The zero-order chi connectivity index (χ0) is 14.2. The molecule has 0 aromatic heterocycles. The molecule has 4 aliphatic rings. The Hall–Kier alpha value is -1.90. The number of esters is 1. The van der Waals surface area contributed by atoms with Crippen molar-refractivity contribution >= 4 is 11.8 Å². The average Bonchev–Trinajstić information content (AvgIpc) is 2.89. The predicted octanol–water partition coefficient (Wildman–Crippen LogP) is 2.62. The van der Waals surface area contributed by atoms with E-state index >= 15 is 0 Å². The van der Waals surface area contributed by atoms with Crippen molar-refractivity contribution in [2.75, 3.05) is 0 Å². The lowest BCUT2D eigenvalue weighted by molar-refractivity contribution is -0.113. The smallest absolute Gasteiger partial charge is 0.339 e. The van der Waals surface area contributed by atoms with Gasteiger partial charge in [0.2, 0.25) is 0 Å². The number of carbonyl (C=O) groups excluding carboxylic acids is 2. The fourth-order valence-corrected chi connectivity index (χ4v) is 5.26. The fourth-order valence-electron chi connectivity index (χ4n) is 5.26. The maximum absolute atomic E-state index is 12.5. The van der Waals surface area contributed by atoms with Gasteiger partial charge < -0.3 is 4.74 Å². The van der Waals surface area contributed by atoms with E-state index in [0.717, 1.165) is 12.8 Å². The average molecular weight is 280 g/mol. The summed E-state index contributed by atoms with van der Waals surface area (Å²) in [6.45, 7) is 0. The molecule has 1 aromatic carbocycles. The molecule has 106 valence electrons. The van der Waals surface area contributed by atoms with Crippen LogP contribution in [-0.4, -0.2) is 17.4 Å². The summed E-state index contributed by atoms with van der Waals surface area (Å²) in [7, 11) is 0. The fraction of sp³-hybridized carbons (Fsp3) is 0.444. The van der Waals surface area contributed by atoms with Gasteiger partial charge in [0.1, 0.15) is 11.4 Å². The SMILES string of the molecule is O=C(O[C@]12C=CC[C@H]1[C@@H]1C[C@H]2[C@H]2C(=O)[C@@H]12)c1ccccc1. The highest BCUT2D eigenvalue weighted by Crippen LogP contribution is 2.71. The van der Waals surface area contributed by atoms with E-state index in [0.29, 0.717) is 23.2 Å². The molecule has 3 saturated carbocycles. The molecule has 0 saturated heterocycles. The zero-order valence-electron chi connectivity index (χ0n) is 11.6. The molecule has 3 nitrogen and oxygen atoms in total. The number of Topliss-reactive ketones (excluding diaryl/α,β-unsaturated/α-hetero) is 1. The molecule has 0 amide bonds. The standard InChI is InChI=1S/C18H16O3/c19-16-14-11-9-13(15(14)16)18(8-4-7-12(11)18)21-17(20)10-5-2-1-3-6-10/h1-6,8,11-15H,7,9H2/t11-,12-,13-,14-,15+,18+/m0/s1. The van der Waals surface area contributed by atoms with E-state index < -0.39 is 5.60 Å². The van der Waals surface area contributed by atoms with Crippen LogP contribution >= 0.6 is 0 Å². The molecule has 0 unspecified atom stereocenters. The third-order valence-corrected chi connectivity index (χ3v) is 6.08. The van der Waals surface area contributed by atoms with E-state index in [-0.39, 0.29) is 23.7 Å². The second kappa shape index (κ2) is 3.65. The number of carbonyl (C=O) groups is 2. The Morgan fingerprint density at radius 1 is 1.14 bits per heavy atom. The maximum atomic E-state index is 12.5. The Labute approximate surface area is 123 Å². The van der Waals surface area contributed by atoms with Crippen molar-refractivity contribution in [1.29, 1.82) is 0 Å². The topological polar surface area (TPSA) is 43.4 Å². The van der Waals surface area contributed by atoms with Crippen molar-refractivity contribution in [2.45, 2.75) is 18.4 Å². The second-order valence-electron chi connectivity index (χ2n) is 6.81. The number of ketones is 1. The highest BCUT2D eigenvalue weighted by atomic mass is 16.6. The summed E-state index contributed by atoms with van der Waals surface area (Å²) in [6, 6.07) is 9.14. The Morgan fingerprint density at radius 3 is 2.76 bits per heavy atom. The van der Waals surface area contributed by atoms with Gasteiger partial charge >= 0.3 is 5.97 Å². The third-order valence-electron chi connectivity index (χ3n) is 6.08. The van der Waals surface area contributed by atoms with Crippen LogP contribution in [0.4, 0.5) is 0 Å². The molecule has 4 aliphatic carbocycles. The number of ether oxygens (including phenoxy) is 1. The summed E-state index contributed by atoms with van der Waals surface area (Å²) in [4.78, 5) is 24.4. The summed E-state index contributed by atoms with van der Waals surface area (Å²) in [5.74, 6) is 1.57. The summed E-state index contributed by atoms with van der Waals surface area (Å²) in [5, 5.41) is 0. The van der Waals surface area contributed by atoms with Gasteiger partial charge in [0.05, 0.1) is 5.56 Å². The van der Waals surface area contributed by atoms with Crippen molar-refractivity contribution in [3.8, 4) is 0 Å². The first-order chi connectivity index (χ1) is 10.2. The molecular formula is C18H16O3. The molecule has 0 aliphatic heterocycles. The van der Waals surface area contributed by atoms with Gasteiger partial charge in [-0.2, -0.15) is 0 Å². The lowest BCUT2D eigenvalue weighted by Crippen LogP contribution is -2.44. The van der Waals surface area contributed by atoms with Crippen LogP contribution in [-0.2, 0) is 9.53 Å². The van der Waals surface area contributed by atoms with Gasteiger partial charge in [0.25, 0.3) is 0 Å². The van der Waals surface area contributed by atoms with E-state index in [4.69, 9.17) is 4.74 Å². The zero-order valence-corrected chi connectivity index (χ0v) is 11.6. The quantitative estimate of drug-likeness (QED) is 0.618. The summed E-state index contributed by atoms with van der Waals surface area (Å²) < 4.78 is 6.01. The molecule has 5 rings (SSSR count). The van der Waals surface area contributed by atoms with E-state index in [1.807, 2.05) is 18.2 Å². The molecule has 1 aromatic rings.